The summed E-state index contributed by atoms with van der Waals surface area (Å²) in [6.07, 6.45) is 4.94. The highest BCUT2D eigenvalue weighted by Gasteiger charge is 2.31. The number of hydrogen-bond donors (Lipinski definition) is 2. The van der Waals surface area contributed by atoms with Crippen molar-refractivity contribution in [3.63, 3.8) is 0 Å². The molecular formula is C20H28ClN5O2. The third-order valence-electron chi connectivity index (χ3n) is 5.08. The topological polar surface area (TPSA) is 79.3 Å². The third-order valence-corrected chi connectivity index (χ3v) is 5.08. The van der Waals surface area contributed by atoms with Crippen molar-refractivity contribution in [3.05, 3.63) is 53.9 Å². The lowest BCUT2D eigenvalue weighted by Crippen LogP contribution is -2.46. The molecule has 1 aliphatic rings. The van der Waals surface area contributed by atoms with E-state index in [1.54, 1.807) is 17.9 Å². The van der Waals surface area contributed by atoms with Gasteiger partial charge in [0.2, 0.25) is 11.8 Å². The minimum atomic E-state index is -0.401. The molecular weight excluding hydrogens is 378 g/mol. The first-order valence-electron chi connectivity index (χ1n) is 9.34. The number of benzene rings is 1. The molecule has 0 aliphatic carbocycles. The molecule has 8 heteroatoms. The molecule has 2 heterocycles. The standard InChI is InChI=1S/C20H27N5O2.ClH/c1-21-18(17-13-23-24(2)14-17)20(27)25-10-8-16(9-11-25)19(26)22-12-15-6-4-3-5-7-15;/h3-7,13-14,16,18,21H,8-12H2,1-2H3,(H,22,26);1H. The first-order valence-corrected chi connectivity index (χ1v) is 9.34. The molecule has 1 atom stereocenters. The Morgan fingerprint density at radius 2 is 1.89 bits per heavy atom. The molecule has 2 N–H and O–H groups in total. The summed E-state index contributed by atoms with van der Waals surface area (Å²) in [5, 5.41) is 10.2. The van der Waals surface area contributed by atoms with Crippen LogP contribution < -0.4 is 10.6 Å². The SMILES string of the molecule is CNC(C(=O)N1CCC(C(=O)NCc2ccccc2)CC1)c1cnn(C)c1.Cl. The molecule has 2 amide bonds. The summed E-state index contributed by atoms with van der Waals surface area (Å²) in [7, 11) is 3.61. The van der Waals surface area contributed by atoms with E-state index in [9.17, 15) is 9.59 Å². The van der Waals surface area contributed by atoms with Crippen LogP contribution in [0.15, 0.2) is 42.7 Å². The lowest BCUT2D eigenvalue weighted by atomic mass is 9.95. The van der Waals surface area contributed by atoms with E-state index < -0.39 is 6.04 Å². The summed E-state index contributed by atoms with van der Waals surface area (Å²) >= 11 is 0. The maximum Gasteiger partial charge on any atom is 0.244 e. The second-order valence-electron chi connectivity index (χ2n) is 6.97. The summed E-state index contributed by atoms with van der Waals surface area (Å²) in [6, 6.07) is 9.48. The Bertz CT molecular complexity index is 772. The lowest BCUT2D eigenvalue weighted by molar-refractivity contribution is -0.137. The Labute approximate surface area is 171 Å². The summed E-state index contributed by atoms with van der Waals surface area (Å²) in [5.74, 6) is 0.0706. The molecule has 152 valence electrons. The van der Waals surface area contributed by atoms with Gasteiger partial charge < -0.3 is 15.5 Å². The monoisotopic (exact) mass is 405 g/mol. The number of aromatic nitrogens is 2. The van der Waals surface area contributed by atoms with Gasteiger partial charge in [0, 0.05) is 44.4 Å². The zero-order valence-electron chi connectivity index (χ0n) is 16.3. The molecule has 1 saturated heterocycles. The Morgan fingerprint density at radius 1 is 1.21 bits per heavy atom. The largest absolute Gasteiger partial charge is 0.352 e. The van der Waals surface area contributed by atoms with Crippen LogP contribution in [0, 0.1) is 5.92 Å². The van der Waals surface area contributed by atoms with Crippen molar-refractivity contribution in [1.29, 1.82) is 0 Å². The highest BCUT2D eigenvalue weighted by atomic mass is 35.5. The van der Waals surface area contributed by atoms with Crippen molar-refractivity contribution < 1.29 is 9.59 Å². The zero-order valence-corrected chi connectivity index (χ0v) is 17.1. The van der Waals surface area contributed by atoms with Crippen molar-refractivity contribution in [3.8, 4) is 0 Å². The molecule has 7 nitrogen and oxygen atoms in total. The number of carbonyl (C=O) groups is 2. The second kappa shape index (κ2) is 10.2. The van der Waals surface area contributed by atoms with E-state index in [-0.39, 0.29) is 30.1 Å². The Morgan fingerprint density at radius 3 is 2.46 bits per heavy atom. The molecule has 0 saturated carbocycles. The maximum absolute atomic E-state index is 12.9. The van der Waals surface area contributed by atoms with Crippen molar-refractivity contribution >= 4 is 24.2 Å². The van der Waals surface area contributed by atoms with Gasteiger partial charge in [0.1, 0.15) is 6.04 Å². The van der Waals surface area contributed by atoms with Crippen LogP contribution in [0.1, 0.15) is 30.0 Å². The molecule has 0 spiro atoms. The number of rotatable bonds is 6. The number of nitrogens with zero attached hydrogens (tertiary/aromatic N) is 3. The van der Waals surface area contributed by atoms with Gasteiger partial charge in [-0.1, -0.05) is 30.3 Å². The minimum absolute atomic E-state index is 0. The van der Waals surface area contributed by atoms with Crippen molar-refractivity contribution in [2.24, 2.45) is 13.0 Å². The maximum atomic E-state index is 12.9. The van der Waals surface area contributed by atoms with Crippen LogP contribution in [0.25, 0.3) is 0 Å². The van der Waals surface area contributed by atoms with Crippen LogP contribution in [-0.2, 0) is 23.2 Å². The fourth-order valence-electron chi connectivity index (χ4n) is 3.50. The van der Waals surface area contributed by atoms with Crippen LogP contribution in [0.5, 0.6) is 0 Å². The van der Waals surface area contributed by atoms with E-state index >= 15 is 0 Å². The number of halogens is 1. The van der Waals surface area contributed by atoms with Gasteiger partial charge in [0.15, 0.2) is 0 Å². The molecule has 1 aromatic heterocycles. The van der Waals surface area contributed by atoms with Crippen molar-refractivity contribution in [2.45, 2.75) is 25.4 Å². The summed E-state index contributed by atoms with van der Waals surface area (Å²) < 4.78 is 1.69. The number of aryl methyl sites for hydroxylation is 1. The highest BCUT2D eigenvalue weighted by Crippen LogP contribution is 2.22. The molecule has 0 bridgehead atoms. The number of piperidine rings is 1. The molecule has 28 heavy (non-hydrogen) atoms. The van der Waals surface area contributed by atoms with E-state index in [0.717, 1.165) is 11.1 Å². The van der Waals surface area contributed by atoms with E-state index in [2.05, 4.69) is 15.7 Å². The minimum Gasteiger partial charge on any atom is -0.352 e. The Balaban J connectivity index is 0.00000280. The normalized spacial score (nSPS) is 15.6. The summed E-state index contributed by atoms with van der Waals surface area (Å²) in [5.41, 5.74) is 1.94. The molecule has 1 aliphatic heterocycles. The lowest BCUT2D eigenvalue weighted by Gasteiger charge is -2.33. The predicted octanol–water partition coefficient (Wildman–Crippen LogP) is 1.66. The average molecular weight is 406 g/mol. The molecule has 1 unspecified atom stereocenters. The zero-order chi connectivity index (χ0) is 19.2. The fourth-order valence-corrected chi connectivity index (χ4v) is 3.50. The van der Waals surface area contributed by atoms with Gasteiger partial charge in [0.05, 0.1) is 6.20 Å². The van der Waals surface area contributed by atoms with Crippen LogP contribution in [-0.4, -0.2) is 46.6 Å². The smallest absolute Gasteiger partial charge is 0.244 e. The Hall–Kier alpha value is -2.38. The fraction of sp³-hybridized carbons (Fsp3) is 0.450. The second-order valence-corrected chi connectivity index (χ2v) is 6.97. The third kappa shape index (κ3) is 5.33. The van der Waals surface area contributed by atoms with Crippen LogP contribution in [0.4, 0.5) is 0 Å². The molecule has 1 fully saturated rings. The molecule has 2 aromatic rings. The first kappa shape index (κ1) is 21.9. The number of likely N-dealkylation sites (tertiary alicyclic amines) is 1. The van der Waals surface area contributed by atoms with E-state index in [4.69, 9.17) is 0 Å². The predicted molar refractivity (Wildman–Crippen MR) is 110 cm³/mol. The Kier molecular flexibility index (Phi) is 8.02. The number of amides is 2. The molecule has 3 rings (SSSR count). The van der Waals surface area contributed by atoms with Gasteiger partial charge in [0.25, 0.3) is 0 Å². The van der Waals surface area contributed by atoms with Gasteiger partial charge in [-0.2, -0.15) is 5.10 Å². The number of likely N-dealkylation sites (N-methyl/N-ethyl adjacent to an activating group) is 1. The van der Waals surface area contributed by atoms with Gasteiger partial charge in [-0.05, 0) is 25.5 Å². The quantitative estimate of drug-likeness (QED) is 0.766. The van der Waals surface area contributed by atoms with Crippen molar-refractivity contribution in [1.82, 2.24) is 25.3 Å². The molecule has 1 aromatic carbocycles. The summed E-state index contributed by atoms with van der Waals surface area (Å²) in [4.78, 5) is 27.1. The van der Waals surface area contributed by atoms with E-state index in [1.165, 1.54) is 0 Å². The van der Waals surface area contributed by atoms with Crippen LogP contribution in [0.3, 0.4) is 0 Å². The van der Waals surface area contributed by atoms with Gasteiger partial charge in [-0.3, -0.25) is 14.3 Å². The number of nitrogens with one attached hydrogen (secondary N) is 2. The van der Waals surface area contributed by atoms with Gasteiger partial charge in [-0.25, -0.2) is 0 Å². The molecule has 0 radical (unpaired) electrons. The van der Waals surface area contributed by atoms with Crippen LogP contribution >= 0.6 is 12.4 Å². The highest BCUT2D eigenvalue weighted by molar-refractivity contribution is 5.85. The summed E-state index contributed by atoms with van der Waals surface area (Å²) in [6.45, 7) is 1.74. The number of hydrogen-bond acceptors (Lipinski definition) is 4. The average Bonchev–Trinajstić information content (AvgIpc) is 3.13. The van der Waals surface area contributed by atoms with Crippen LogP contribution in [0.2, 0.25) is 0 Å². The van der Waals surface area contributed by atoms with Gasteiger partial charge in [-0.15, -0.1) is 12.4 Å². The number of carbonyl (C=O) groups excluding carboxylic acids is 2. The first-order chi connectivity index (χ1) is 13.1. The van der Waals surface area contributed by atoms with Crippen molar-refractivity contribution in [2.75, 3.05) is 20.1 Å². The van der Waals surface area contributed by atoms with E-state index in [1.807, 2.05) is 48.5 Å². The van der Waals surface area contributed by atoms with Gasteiger partial charge >= 0.3 is 0 Å². The van der Waals surface area contributed by atoms with E-state index in [0.29, 0.717) is 32.5 Å².